The van der Waals surface area contributed by atoms with E-state index < -0.39 is 10.0 Å². The van der Waals surface area contributed by atoms with Crippen molar-refractivity contribution >= 4 is 21.6 Å². The highest BCUT2D eigenvalue weighted by Crippen LogP contribution is 2.17. The quantitative estimate of drug-likeness (QED) is 0.622. The van der Waals surface area contributed by atoms with Gasteiger partial charge in [-0.25, -0.2) is 13.6 Å². The number of nitriles is 1. The highest BCUT2D eigenvalue weighted by atomic mass is 32.2. The first kappa shape index (κ1) is 23.7. The van der Waals surface area contributed by atoms with Gasteiger partial charge in [-0.1, -0.05) is 12.1 Å². The van der Waals surface area contributed by atoms with Crippen LogP contribution in [0.1, 0.15) is 24.0 Å². The fourth-order valence-electron chi connectivity index (χ4n) is 3.74. The number of amides is 1. The number of nitrogens with two attached hydrogens (primary N) is 1. The largest absolute Gasteiger partial charge is 0.370 e. The van der Waals surface area contributed by atoms with Crippen molar-refractivity contribution in [2.75, 3.05) is 44.2 Å². The van der Waals surface area contributed by atoms with E-state index >= 15 is 0 Å². The lowest BCUT2D eigenvalue weighted by molar-refractivity contribution is -0.121. The Morgan fingerprint density at radius 3 is 2.41 bits per heavy atom. The predicted molar refractivity (Wildman–Crippen MR) is 124 cm³/mol. The Balaban J connectivity index is 1.37. The summed E-state index contributed by atoms with van der Waals surface area (Å²) in [6.07, 6.45) is 2.09. The van der Waals surface area contributed by atoms with E-state index in [1.54, 1.807) is 12.1 Å². The Labute approximate surface area is 189 Å². The summed E-state index contributed by atoms with van der Waals surface area (Å²) in [5, 5.41) is 17.0. The van der Waals surface area contributed by atoms with Gasteiger partial charge in [0.1, 0.15) is 0 Å². The Morgan fingerprint density at radius 2 is 1.75 bits per heavy atom. The molecule has 3 rings (SSSR count). The molecule has 32 heavy (non-hydrogen) atoms. The summed E-state index contributed by atoms with van der Waals surface area (Å²) in [6.45, 7) is 4.91. The number of carbonyl (C=O) groups excluding carboxylic acids is 1. The summed E-state index contributed by atoms with van der Waals surface area (Å²) in [6, 6.07) is 16.2. The molecule has 1 amide bonds. The maximum absolute atomic E-state index is 12.2. The van der Waals surface area contributed by atoms with E-state index in [0.29, 0.717) is 24.9 Å². The molecule has 1 saturated heterocycles. The van der Waals surface area contributed by atoms with Crippen LogP contribution in [0.15, 0.2) is 53.4 Å². The Hall–Kier alpha value is -2.93. The maximum atomic E-state index is 12.2. The fourth-order valence-corrected chi connectivity index (χ4v) is 4.26. The van der Waals surface area contributed by atoms with Gasteiger partial charge in [0.2, 0.25) is 15.9 Å². The van der Waals surface area contributed by atoms with E-state index in [1.165, 1.54) is 12.1 Å². The SMILES string of the molecule is N#Cc1ccc(N2CCCN(CCC(=O)NCCc3ccc(S(N)(=O)=O)cc3)CC2)cc1. The Kier molecular flexibility index (Phi) is 8.22. The van der Waals surface area contributed by atoms with E-state index in [0.717, 1.165) is 50.4 Å². The normalized spacial score (nSPS) is 15.1. The second-order valence-electron chi connectivity index (χ2n) is 7.88. The molecule has 170 valence electrons. The smallest absolute Gasteiger partial charge is 0.238 e. The van der Waals surface area contributed by atoms with Gasteiger partial charge in [0, 0.05) is 44.8 Å². The van der Waals surface area contributed by atoms with Gasteiger partial charge in [-0.05, 0) is 61.3 Å². The van der Waals surface area contributed by atoms with Crippen molar-refractivity contribution in [3.63, 3.8) is 0 Å². The summed E-state index contributed by atoms with van der Waals surface area (Å²) in [5.74, 6) is 0.0133. The highest BCUT2D eigenvalue weighted by Gasteiger charge is 2.16. The molecule has 1 aliphatic rings. The molecular formula is C23H29N5O3S. The van der Waals surface area contributed by atoms with Crippen molar-refractivity contribution in [2.24, 2.45) is 5.14 Å². The molecule has 0 radical (unpaired) electrons. The van der Waals surface area contributed by atoms with E-state index in [1.807, 2.05) is 24.3 Å². The molecule has 1 aliphatic heterocycles. The van der Waals surface area contributed by atoms with Crippen LogP contribution in [-0.4, -0.2) is 58.5 Å². The monoisotopic (exact) mass is 455 g/mol. The third kappa shape index (κ3) is 7.05. The molecule has 3 N–H and O–H groups in total. The van der Waals surface area contributed by atoms with Crippen molar-refractivity contribution < 1.29 is 13.2 Å². The van der Waals surface area contributed by atoms with Crippen LogP contribution >= 0.6 is 0 Å². The zero-order valence-corrected chi connectivity index (χ0v) is 18.9. The second kappa shape index (κ2) is 11.1. The average Bonchev–Trinajstić information content (AvgIpc) is 3.03. The molecule has 0 spiro atoms. The molecule has 0 unspecified atom stereocenters. The number of nitrogens with zero attached hydrogens (tertiary/aromatic N) is 3. The molecule has 0 saturated carbocycles. The zero-order valence-electron chi connectivity index (χ0n) is 18.0. The van der Waals surface area contributed by atoms with Crippen LogP contribution in [-0.2, 0) is 21.2 Å². The lowest BCUT2D eigenvalue weighted by Crippen LogP contribution is -2.34. The van der Waals surface area contributed by atoms with Crippen molar-refractivity contribution in [1.29, 1.82) is 5.26 Å². The minimum Gasteiger partial charge on any atom is -0.370 e. The first-order valence-corrected chi connectivity index (χ1v) is 12.3. The number of anilines is 1. The van der Waals surface area contributed by atoms with Gasteiger partial charge in [-0.2, -0.15) is 5.26 Å². The molecule has 1 fully saturated rings. The lowest BCUT2D eigenvalue weighted by Gasteiger charge is -2.23. The van der Waals surface area contributed by atoms with Crippen LogP contribution in [0.5, 0.6) is 0 Å². The third-order valence-electron chi connectivity index (χ3n) is 5.59. The Morgan fingerprint density at radius 1 is 1.03 bits per heavy atom. The number of hydrogen-bond acceptors (Lipinski definition) is 6. The molecule has 1 heterocycles. The summed E-state index contributed by atoms with van der Waals surface area (Å²) >= 11 is 0. The second-order valence-corrected chi connectivity index (χ2v) is 9.44. The summed E-state index contributed by atoms with van der Waals surface area (Å²) in [5.41, 5.74) is 2.73. The maximum Gasteiger partial charge on any atom is 0.238 e. The molecule has 2 aromatic rings. The predicted octanol–water partition coefficient (Wildman–Crippen LogP) is 1.47. The summed E-state index contributed by atoms with van der Waals surface area (Å²) in [4.78, 5) is 16.9. The number of nitrogens with one attached hydrogen (secondary N) is 1. The van der Waals surface area contributed by atoms with Crippen LogP contribution in [0.3, 0.4) is 0 Å². The first-order chi connectivity index (χ1) is 15.3. The molecule has 0 bridgehead atoms. The van der Waals surface area contributed by atoms with Crippen LogP contribution in [0.2, 0.25) is 0 Å². The molecule has 9 heteroatoms. The number of carbonyl (C=O) groups is 1. The molecule has 8 nitrogen and oxygen atoms in total. The highest BCUT2D eigenvalue weighted by molar-refractivity contribution is 7.89. The van der Waals surface area contributed by atoms with Crippen LogP contribution in [0, 0.1) is 11.3 Å². The lowest BCUT2D eigenvalue weighted by atomic mass is 10.1. The van der Waals surface area contributed by atoms with E-state index in [-0.39, 0.29) is 10.8 Å². The number of hydrogen-bond donors (Lipinski definition) is 2. The fraction of sp³-hybridized carbons (Fsp3) is 0.391. The minimum atomic E-state index is -3.69. The van der Waals surface area contributed by atoms with E-state index in [9.17, 15) is 13.2 Å². The zero-order chi connectivity index (χ0) is 23.0. The minimum absolute atomic E-state index is 0.0133. The van der Waals surface area contributed by atoms with Crippen molar-refractivity contribution in [1.82, 2.24) is 10.2 Å². The molecule has 0 atom stereocenters. The Bertz CT molecular complexity index is 1050. The van der Waals surface area contributed by atoms with Crippen molar-refractivity contribution in [3.8, 4) is 6.07 Å². The van der Waals surface area contributed by atoms with Crippen molar-refractivity contribution in [2.45, 2.75) is 24.2 Å². The number of primary sulfonamides is 1. The number of benzene rings is 2. The molecule has 0 aliphatic carbocycles. The summed E-state index contributed by atoms with van der Waals surface area (Å²) < 4.78 is 22.6. The van der Waals surface area contributed by atoms with Gasteiger partial charge in [0.05, 0.1) is 16.5 Å². The molecule has 2 aromatic carbocycles. The number of sulfonamides is 1. The van der Waals surface area contributed by atoms with Gasteiger partial charge in [0.15, 0.2) is 0 Å². The van der Waals surface area contributed by atoms with Gasteiger partial charge in [-0.15, -0.1) is 0 Å². The van der Waals surface area contributed by atoms with Gasteiger partial charge < -0.3 is 15.1 Å². The molecule has 0 aromatic heterocycles. The average molecular weight is 456 g/mol. The number of rotatable bonds is 8. The van der Waals surface area contributed by atoms with Gasteiger partial charge >= 0.3 is 0 Å². The first-order valence-electron chi connectivity index (χ1n) is 10.7. The summed E-state index contributed by atoms with van der Waals surface area (Å²) in [7, 11) is -3.69. The topological polar surface area (TPSA) is 120 Å². The third-order valence-corrected chi connectivity index (χ3v) is 6.52. The standard InChI is InChI=1S/C23H29N5O3S/c24-18-20-2-6-21(7-3-20)28-14-1-13-27(16-17-28)15-11-23(29)26-12-10-19-4-8-22(9-5-19)32(25,30)31/h2-9H,1,10-17H2,(H,26,29)(H2,25,30,31). The van der Waals surface area contributed by atoms with Crippen LogP contribution in [0.25, 0.3) is 0 Å². The van der Waals surface area contributed by atoms with Crippen LogP contribution in [0.4, 0.5) is 5.69 Å². The molecular weight excluding hydrogens is 426 g/mol. The van der Waals surface area contributed by atoms with Crippen LogP contribution < -0.4 is 15.4 Å². The van der Waals surface area contributed by atoms with Crippen molar-refractivity contribution in [3.05, 3.63) is 59.7 Å². The van der Waals surface area contributed by atoms with Gasteiger partial charge in [0.25, 0.3) is 0 Å². The van der Waals surface area contributed by atoms with E-state index in [4.69, 9.17) is 10.4 Å². The van der Waals surface area contributed by atoms with E-state index in [2.05, 4.69) is 21.2 Å². The van der Waals surface area contributed by atoms with Gasteiger partial charge in [-0.3, -0.25) is 4.79 Å².